The normalized spacial score (nSPS) is 35.5. The van der Waals surface area contributed by atoms with Gasteiger partial charge < -0.3 is 25.3 Å². The van der Waals surface area contributed by atoms with Gasteiger partial charge in [0.25, 0.3) is 37.1 Å². The van der Waals surface area contributed by atoms with Crippen molar-refractivity contribution in [3.63, 3.8) is 0 Å². The fourth-order valence-electron chi connectivity index (χ4n) is 2.56. The minimum atomic E-state index is -4.18. The molecule has 0 N–H and O–H groups in total. The summed E-state index contributed by atoms with van der Waals surface area (Å²) in [6, 6.07) is 0.646. The zero-order valence-electron chi connectivity index (χ0n) is 15.4. The van der Waals surface area contributed by atoms with Gasteiger partial charge in [-0.3, -0.25) is 0 Å². The standard InChI is InChI=1S/C11H29F3O6Si5/c1-21-16-22(2)18-24(4)20-25(5,19-23(3)17-21)10-6-8-15-9-7-11(12,13)14/h21-24H,6-10H2,1-5H3. The molecule has 0 amide bonds. The molecule has 1 saturated heterocycles. The van der Waals surface area contributed by atoms with Crippen molar-refractivity contribution in [1.82, 2.24) is 0 Å². The first-order valence-corrected chi connectivity index (χ1v) is 19.4. The number of hydrogen-bond acceptors (Lipinski definition) is 6. The van der Waals surface area contributed by atoms with Gasteiger partial charge in [0.15, 0.2) is 0 Å². The minimum Gasteiger partial charge on any atom is -0.420 e. The van der Waals surface area contributed by atoms with Crippen LogP contribution in [0, 0.1) is 0 Å². The molecule has 1 aliphatic rings. The molecule has 4 unspecified atom stereocenters. The highest BCUT2D eigenvalue weighted by atomic mass is 28.5. The largest absolute Gasteiger partial charge is 0.420 e. The van der Waals surface area contributed by atoms with Crippen molar-refractivity contribution in [3.8, 4) is 0 Å². The third kappa shape index (κ3) is 11.2. The zero-order chi connectivity index (χ0) is 19.1. The molecular formula is C11H29F3O6Si5. The summed E-state index contributed by atoms with van der Waals surface area (Å²) in [5, 5.41) is 0. The highest BCUT2D eigenvalue weighted by Gasteiger charge is 2.38. The SMILES string of the molecule is C[SiH]1O[SiH](C)O[SiH](C)O[Si](C)(CCCOCCC(F)(F)F)O[SiH](C)O1. The summed E-state index contributed by atoms with van der Waals surface area (Å²) in [7, 11) is -9.73. The Bertz CT molecular complexity index is 376. The Hall–Kier alpha value is 0.634. The summed E-state index contributed by atoms with van der Waals surface area (Å²) in [6.07, 6.45) is -4.50. The Morgan fingerprint density at radius 1 is 0.840 bits per heavy atom. The lowest BCUT2D eigenvalue weighted by Crippen LogP contribution is -2.52. The molecule has 0 aliphatic carbocycles. The maximum Gasteiger partial charge on any atom is 0.391 e. The Kier molecular flexibility index (Phi) is 10.3. The summed E-state index contributed by atoms with van der Waals surface area (Å²) in [6.45, 7) is 9.80. The molecule has 6 nitrogen and oxygen atoms in total. The number of hydrogen-bond donors (Lipinski definition) is 0. The second kappa shape index (κ2) is 10.8. The molecule has 150 valence electrons. The van der Waals surface area contributed by atoms with Crippen LogP contribution in [0.25, 0.3) is 0 Å². The van der Waals surface area contributed by atoms with Crippen molar-refractivity contribution >= 4 is 45.7 Å². The number of alkyl halides is 3. The third-order valence-electron chi connectivity index (χ3n) is 3.43. The first-order valence-electron chi connectivity index (χ1n) is 8.45. The Labute approximate surface area is 155 Å². The van der Waals surface area contributed by atoms with Gasteiger partial charge in [-0.15, -0.1) is 0 Å². The molecule has 0 bridgehead atoms. The molecule has 4 atom stereocenters. The zero-order valence-corrected chi connectivity index (χ0v) is 21.0. The second-order valence-corrected chi connectivity index (χ2v) is 18.6. The summed E-state index contributed by atoms with van der Waals surface area (Å²) >= 11 is 0. The molecule has 1 heterocycles. The average Bonchev–Trinajstić information content (AvgIpc) is 2.39. The van der Waals surface area contributed by atoms with E-state index in [1.54, 1.807) is 0 Å². The molecule has 25 heavy (non-hydrogen) atoms. The van der Waals surface area contributed by atoms with E-state index in [0.717, 1.165) is 0 Å². The quantitative estimate of drug-likeness (QED) is 0.451. The Balaban J connectivity index is 2.49. The van der Waals surface area contributed by atoms with Crippen LogP contribution in [0.15, 0.2) is 0 Å². The van der Waals surface area contributed by atoms with E-state index in [1.165, 1.54) is 0 Å². The Morgan fingerprint density at radius 3 is 1.80 bits per heavy atom. The lowest BCUT2D eigenvalue weighted by atomic mass is 10.4. The van der Waals surface area contributed by atoms with Crippen molar-refractivity contribution in [2.24, 2.45) is 0 Å². The van der Waals surface area contributed by atoms with Crippen molar-refractivity contribution in [2.75, 3.05) is 13.2 Å². The molecular weight excluding hydrogens is 426 g/mol. The predicted octanol–water partition coefficient (Wildman–Crippen LogP) is 1.92. The van der Waals surface area contributed by atoms with Gasteiger partial charge in [-0.05, 0) is 45.2 Å². The number of ether oxygens (including phenoxy) is 1. The summed E-state index contributed by atoms with van der Waals surface area (Å²) < 4.78 is 71.3. The first kappa shape index (κ1) is 23.7. The summed E-state index contributed by atoms with van der Waals surface area (Å²) in [5.74, 6) is 0. The van der Waals surface area contributed by atoms with Crippen LogP contribution in [0.4, 0.5) is 13.2 Å². The average molecular weight is 455 g/mol. The van der Waals surface area contributed by atoms with Crippen LogP contribution in [0.5, 0.6) is 0 Å². The lowest BCUT2D eigenvalue weighted by molar-refractivity contribution is -0.145. The van der Waals surface area contributed by atoms with Gasteiger partial charge >= 0.3 is 14.7 Å². The van der Waals surface area contributed by atoms with Gasteiger partial charge in [-0.2, -0.15) is 13.2 Å². The summed E-state index contributed by atoms with van der Waals surface area (Å²) in [5.41, 5.74) is 0. The van der Waals surface area contributed by atoms with Gasteiger partial charge in [0.2, 0.25) is 0 Å². The number of rotatable bonds is 6. The van der Waals surface area contributed by atoms with Gasteiger partial charge in [-0.1, -0.05) is 0 Å². The van der Waals surface area contributed by atoms with Crippen LogP contribution in [0.1, 0.15) is 12.8 Å². The fourth-order valence-corrected chi connectivity index (χ4v) is 20.2. The number of halogens is 3. The lowest BCUT2D eigenvalue weighted by Gasteiger charge is -2.36. The van der Waals surface area contributed by atoms with Crippen LogP contribution >= 0.6 is 0 Å². The minimum absolute atomic E-state index is 0.262. The van der Waals surface area contributed by atoms with Crippen molar-refractivity contribution < 1.29 is 38.5 Å². The van der Waals surface area contributed by atoms with E-state index < -0.39 is 58.3 Å². The monoisotopic (exact) mass is 454 g/mol. The highest BCUT2D eigenvalue weighted by Crippen LogP contribution is 2.22. The van der Waals surface area contributed by atoms with Gasteiger partial charge in [-0.25, -0.2) is 0 Å². The van der Waals surface area contributed by atoms with Crippen LogP contribution < -0.4 is 0 Å². The van der Waals surface area contributed by atoms with E-state index in [2.05, 4.69) is 0 Å². The van der Waals surface area contributed by atoms with Crippen molar-refractivity contribution in [2.45, 2.75) is 57.8 Å². The van der Waals surface area contributed by atoms with E-state index in [9.17, 15) is 13.2 Å². The molecule has 0 aromatic carbocycles. The highest BCUT2D eigenvalue weighted by molar-refractivity contribution is 6.80. The van der Waals surface area contributed by atoms with E-state index in [0.29, 0.717) is 12.5 Å². The van der Waals surface area contributed by atoms with E-state index in [-0.39, 0.29) is 13.2 Å². The second-order valence-electron chi connectivity index (χ2n) is 6.13. The van der Waals surface area contributed by atoms with Crippen LogP contribution in [-0.4, -0.2) is 65.1 Å². The van der Waals surface area contributed by atoms with Crippen molar-refractivity contribution in [1.29, 1.82) is 0 Å². The topological polar surface area (TPSA) is 55.4 Å². The first-order chi connectivity index (χ1) is 11.5. The Morgan fingerprint density at radius 2 is 1.32 bits per heavy atom. The predicted molar refractivity (Wildman–Crippen MR) is 100 cm³/mol. The summed E-state index contributed by atoms with van der Waals surface area (Å²) in [4.78, 5) is 0. The van der Waals surface area contributed by atoms with E-state index >= 15 is 0 Å². The molecule has 14 heteroatoms. The molecule has 1 rings (SSSR count). The molecule has 0 saturated carbocycles. The van der Waals surface area contributed by atoms with Gasteiger partial charge in [0.1, 0.15) is 0 Å². The van der Waals surface area contributed by atoms with Crippen LogP contribution in [0.3, 0.4) is 0 Å². The molecule has 1 aliphatic heterocycles. The van der Waals surface area contributed by atoms with E-state index in [1.807, 2.05) is 32.7 Å². The smallest absolute Gasteiger partial charge is 0.391 e. The fraction of sp³-hybridized carbons (Fsp3) is 1.00. The van der Waals surface area contributed by atoms with Crippen molar-refractivity contribution in [3.05, 3.63) is 0 Å². The maximum absolute atomic E-state index is 12.1. The molecule has 0 aromatic heterocycles. The third-order valence-corrected chi connectivity index (χ3v) is 20.5. The van der Waals surface area contributed by atoms with E-state index in [4.69, 9.17) is 25.3 Å². The molecule has 0 spiro atoms. The molecule has 0 radical (unpaired) electrons. The van der Waals surface area contributed by atoms with Gasteiger partial charge in [0.05, 0.1) is 13.0 Å². The molecule has 0 aromatic rings. The van der Waals surface area contributed by atoms with Gasteiger partial charge in [0, 0.05) is 6.61 Å². The van der Waals surface area contributed by atoms with Crippen LogP contribution in [-0.2, 0) is 25.3 Å². The maximum atomic E-state index is 12.1. The van der Waals surface area contributed by atoms with Crippen LogP contribution in [0.2, 0.25) is 38.8 Å². The molecule has 1 fully saturated rings.